The molecule has 2 N–H and O–H groups in total. The van der Waals surface area contributed by atoms with Crippen molar-refractivity contribution < 1.29 is 22.8 Å². The molecule has 136 valence electrons. The predicted octanol–water partition coefficient (Wildman–Crippen LogP) is 3.90. The van der Waals surface area contributed by atoms with Crippen LogP contribution in [0, 0.1) is 0 Å². The van der Waals surface area contributed by atoms with Gasteiger partial charge in [-0.3, -0.25) is 9.59 Å². The standard InChI is InChI=1S/C17H13ClF3N3O2/c18-9-4-7-12(11(8-9)17(19,20)21)24-16(26)14-3-1-2-13(23-14)15(25)22-10-5-6-10/h1-4,7-8,10H,5-6H2,(H,22,25)(H,24,26). The number of alkyl halides is 3. The summed E-state index contributed by atoms with van der Waals surface area (Å²) >= 11 is 5.61. The number of hydrogen-bond acceptors (Lipinski definition) is 3. The number of halogens is 4. The lowest BCUT2D eigenvalue weighted by molar-refractivity contribution is -0.136. The molecule has 1 aromatic carbocycles. The number of benzene rings is 1. The summed E-state index contributed by atoms with van der Waals surface area (Å²) in [5, 5.41) is 4.79. The normalized spacial score (nSPS) is 14.0. The van der Waals surface area contributed by atoms with Gasteiger partial charge in [-0.15, -0.1) is 0 Å². The number of anilines is 1. The molecule has 2 amide bonds. The lowest BCUT2D eigenvalue weighted by atomic mass is 10.1. The van der Waals surface area contributed by atoms with Gasteiger partial charge in [-0.2, -0.15) is 13.2 Å². The van der Waals surface area contributed by atoms with Gasteiger partial charge in [-0.25, -0.2) is 4.98 Å². The molecule has 9 heteroatoms. The van der Waals surface area contributed by atoms with Crippen LogP contribution in [0.25, 0.3) is 0 Å². The molecule has 2 aromatic rings. The second-order valence-electron chi connectivity index (χ2n) is 5.80. The van der Waals surface area contributed by atoms with E-state index < -0.39 is 29.2 Å². The number of amides is 2. The summed E-state index contributed by atoms with van der Waals surface area (Å²) in [5.74, 6) is -1.29. The van der Waals surface area contributed by atoms with Gasteiger partial charge in [0, 0.05) is 11.1 Å². The van der Waals surface area contributed by atoms with Crippen molar-refractivity contribution in [2.75, 3.05) is 5.32 Å². The monoisotopic (exact) mass is 383 g/mol. The summed E-state index contributed by atoms with van der Waals surface area (Å²) in [5.41, 5.74) is -1.66. The van der Waals surface area contributed by atoms with Gasteiger partial charge in [0.15, 0.2) is 0 Å². The van der Waals surface area contributed by atoms with E-state index in [0.29, 0.717) is 0 Å². The number of carbonyl (C=O) groups excluding carboxylic acids is 2. The number of nitrogens with zero attached hydrogens (tertiary/aromatic N) is 1. The molecule has 1 heterocycles. The number of pyridine rings is 1. The highest BCUT2D eigenvalue weighted by molar-refractivity contribution is 6.30. The smallest absolute Gasteiger partial charge is 0.348 e. The number of carbonyl (C=O) groups is 2. The fourth-order valence-corrected chi connectivity index (χ4v) is 2.39. The summed E-state index contributed by atoms with van der Waals surface area (Å²) in [6.45, 7) is 0. The first-order valence-electron chi connectivity index (χ1n) is 7.70. The van der Waals surface area contributed by atoms with Gasteiger partial charge in [-0.1, -0.05) is 17.7 Å². The Kier molecular flexibility index (Phi) is 4.86. The van der Waals surface area contributed by atoms with E-state index >= 15 is 0 Å². The molecule has 1 aromatic heterocycles. The van der Waals surface area contributed by atoms with E-state index in [4.69, 9.17) is 11.6 Å². The molecule has 0 spiro atoms. The molecule has 26 heavy (non-hydrogen) atoms. The van der Waals surface area contributed by atoms with Crippen LogP contribution in [0.15, 0.2) is 36.4 Å². The Morgan fingerprint density at radius 3 is 2.35 bits per heavy atom. The fourth-order valence-electron chi connectivity index (χ4n) is 2.22. The molecule has 1 aliphatic rings. The summed E-state index contributed by atoms with van der Waals surface area (Å²) in [7, 11) is 0. The molecule has 0 radical (unpaired) electrons. The second kappa shape index (κ2) is 6.95. The first-order chi connectivity index (χ1) is 12.2. The Hall–Kier alpha value is -2.61. The van der Waals surface area contributed by atoms with Crippen LogP contribution in [0.2, 0.25) is 5.02 Å². The molecule has 3 rings (SSSR count). The highest BCUT2D eigenvalue weighted by atomic mass is 35.5. The predicted molar refractivity (Wildman–Crippen MR) is 89.1 cm³/mol. The lowest BCUT2D eigenvalue weighted by Crippen LogP contribution is -2.27. The topological polar surface area (TPSA) is 71.1 Å². The van der Waals surface area contributed by atoms with E-state index in [-0.39, 0.29) is 22.5 Å². The Bertz CT molecular complexity index is 867. The average Bonchev–Trinajstić information content (AvgIpc) is 3.39. The molecule has 0 atom stereocenters. The first-order valence-corrected chi connectivity index (χ1v) is 8.08. The molecular formula is C17H13ClF3N3O2. The number of hydrogen-bond donors (Lipinski definition) is 2. The molecule has 0 unspecified atom stereocenters. The number of aromatic nitrogens is 1. The van der Waals surface area contributed by atoms with Crippen molar-refractivity contribution in [1.82, 2.24) is 10.3 Å². The largest absolute Gasteiger partial charge is 0.418 e. The summed E-state index contributed by atoms with van der Waals surface area (Å²) in [4.78, 5) is 28.2. The van der Waals surface area contributed by atoms with Gasteiger partial charge < -0.3 is 10.6 Å². The molecule has 1 fully saturated rings. The molecule has 5 nitrogen and oxygen atoms in total. The van der Waals surface area contributed by atoms with Crippen molar-refractivity contribution in [2.24, 2.45) is 0 Å². The van der Waals surface area contributed by atoms with Crippen molar-refractivity contribution in [3.63, 3.8) is 0 Å². The lowest BCUT2D eigenvalue weighted by Gasteiger charge is -2.14. The Morgan fingerprint density at radius 2 is 1.73 bits per heavy atom. The number of nitrogens with one attached hydrogen (secondary N) is 2. The molecule has 0 bridgehead atoms. The van der Waals surface area contributed by atoms with Crippen LogP contribution in [-0.4, -0.2) is 22.8 Å². The van der Waals surface area contributed by atoms with Gasteiger partial charge in [0.25, 0.3) is 11.8 Å². The quantitative estimate of drug-likeness (QED) is 0.841. The van der Waals surface area contributed by atoms with Crippen LogP contribution in [0.3, 0.4) is 0 Å². The van der Waals surface area contributed by atoms with Gasteiger partial charge in [0.1, 0.15) is 11.4 Å². The third-order valence-corrected chi connectivity index (χ3v) is 3.90. The SMILES string of the molecule is O=C(Nc1ccc(Cl)cc1C(F)(F)F)c1cccc(C(=O)NC2CC2)n1. The van der Waals surface area contributed by atoms with E-state index in [1.54, 1.807) is 0 Å². The minimum absolute atomic E-state index is 0.0247. The average molecular weight is 384 g/mol. The number of rotatable bonds is 4. The zero-order valence-corrected chi connectivity index (χ0v) is 14.0. The van der Waals surface area contributed by atoms with E-state index in [0.717, 1.165) is 25.0 Å². The Morgan fingerprint density at radius 1 is 1.08 bits per heavy atom. The van der Waals surface area contributed by atoms with Crippen LogP contribution >= 0.6 is 11.6 Å². The van der Waals surface area contributed by atoms with Crippen LogP contribution in [-0.2, 0) is 6.18 Å². The summed E-state index contributed by atoms with van der Waals surface area (Å²) < 4.78 is 39.3. The third kappa shape index (κ3) is 4.32. The van der Waals surface area contributed by atoms with Crippen molar-refractivity contribution >= 4 is 29.1 Å². The second-order valence-corrected chi connectivity index (χ2v) is 6.23. The van der Waals surface area contributed by atoms with Crippen molar-refractivity contribution in [3.05, 3.63) is 58.4 Å². The van der Waals surface area contributed by atoms with Gasteiger partial charge in [-0.05, 0) is 43.2 Å². The van der Waals surface area contributed by atoms with Gasteiger partial charge in [0.05, 0.1) is 11.3 Å². The van der Waals surface area contributed by atoms with Crippen molar-refractivity contribution in [1.29, 1.82) is 0 Å². The minimum Gasteiger partial charge on any atom is -0.348 e. The van der Waals surface area contributed by atoms with Gasteiger partial charge in [0.2, 0.25) is 0 Å². The maximum atomic E-state index is 13.1. The Balaban J connectivity index is 1.81. The molecule has 1 aliphatic carbocycles. The molecular weight excluding hydrogens is 371 g/mol. The van der Waals surface area contributed by atoms with Gasteiger partial charge >= 0.3 is 6.18 Å². The zero-order valence-electron chi connectivity index (χ0n) is 13.2. The van der Waals surface area contributed by atoms with Crippen LogP contribution in [0.5, 0.6) is 0 Å². The highest BCUT2D eigenvalue weighted by Crippen LogP contribution is 2.36. The van der Waals surface area contributed by atoms with E-state index in [1.165, 1.54) is 24.3 Å². The van der Waals surface area contributed by atoms with Crippen molar-refractivity contribution in [3.8, 4) is 0 Å². The van der Waals surface area contributed by atoms with Crippen LogP contribution in [0.1, 0.15) is 39.4 Å². The van der Waals surface area contributed by atoms with E-state index in [1.807, 2.05) is 0 Å². The van der Waals surface area contributed by atoms with Crippen LogP contribution in [0.4, 0.5) is 18.9 Å². The zero-order chi connectivity index (χ0) is 18.9. The van der Waals surface area contributed by atoms with Crippen LogP contribution < -0.4 is 10.6 Å². The molecule has 1 saturated carbocycles. The summed E-state index contributed by atoms with van der Waals surface area (Å²) in [6.07, 6.45) is -2.90. The van der Waals surface area contributed by atoms with E-state index in [9.17, 15) is 22.8 Å². The third-order valence-electron chi connectivity index (χ3n) is 3.66. The molecule has 0 aliphatic heterocycles. The minimum atomic E-state index is -4.69. The summed E-state index contributed by atoms with van der Waals surface area (Å²) in [6, 6.07) is 7.32. The van der Waals surface area contributed by atoms with E-state index in [2.05, 4.69) is 15.6 Å². The maximum absolute atomic E-state index is 13.1. The van der Waals surface area contributed by atoms with Crippen molar-refractivity contribution in [2.45, 2.75) is 25.1 Å². The fraction of sp³-hybridized carbons (Fsp3) is 0.235. The highest BCUT2D eigenvalue weighted by Gasteiger charge is 2.34. The Labute approximate surface area is 151 Å². The maximum Gasteiger partial charge on any atom is 0.418 e. The molecule has 0 saturated heterocycles. The first kappa shape index (κ1) is 18.2.